The van der Waals surface area contributed by atoms with Crippen LogP contribution < -0.4 is 5.73 Å². The average Bonchev–Trinajstić information content (AvgIpc) is 2.82. The quantitative estimate of drug-likeness (QED) is 0.382. The number of likely N-dealkylation sites (N-methyl/N-ethyl adjacent to an activating group) is 1. The minimum atomic E-state index is -2.66. The van der Waals surface area contributed by atoms with E-state index < -0.39 is 58.0 Å². The summed E-state index contributed by atoms with van der Waals surface area (Å²) in [6.07, 6.45) is 0.238. The maximum absolute atomic E-state index is 13.8. The molecular weight excluding hydrogens is 500 g/mol. The number of fused-ring (bicyclic) bond motifs is 3. The average molecular weight is 525 g/mol. The van der Waals surface area contributed by atoms with Crippen LogP contribution in [0.15, 0.2) is 59.1 Å². The van der Waals surface area contributed by atoms with Crippen molar-refractivity contribution in [2.45, 2.75) is 24.5 Å². The number of carbonyl (C=O) groups is 3. The van der Waals surface area contributed by atoms with E-state index in [9.17, 15) is 34.8 Å². The molecule has 10 heteroatoms. The fraction of sp³-hybridized carbons (Fsp3) is 0.296. The molecule has 0 unspecified atom stereocenters. The summed E-state index contributed by atoms with van der Waals surface area (Å²) in [6.45, 7) is 0. The second-order valence-corrected chi connectivity index (χ2v) is 10.4. The van der Waals surface area contributed by atoms with Gasteiger partial charge in [-0.25, -0.2) is 0 Å². The number of carbonyl (C=O) groups excluding carboxylic acids is 3. The summed E-state index contributed by atoms with van der Waals surface area (Å²) in [6, 6.07) is 9.03. The molecule has 2 aromatic rings. The minimum Gasteiger partial charge on any atom is -0.510 e. The number of primary amides is 1. The Kier molecular flexibility index (Phi) is 5.71. The van der Waals surface area contributed by atoms with Gasteiger partial charge in [-0.3, -0.25) is 19.3 Å². The molecule has 3 aliphatic carbocycles. The smallest absolute Gasteiger partial charge is 0.255 e. The van der Waals surface area contributed by atoms with E-state index in [0.717, 1.165) is 5.56 Å². The molecule has 2 aromatic carbocycles. The summed E-state index contributed by atoms with van der Waals surface area (Å²) in [5.74, 6) is -6.75. The number of Topliss-reactive ketones (excluding diaryl/α,β-unsaturated/α-hetero) is 2. The molecule has 9 nitrogen and oxygen atoms in total. The van der Waals surface area contributed by atoms with E-state index in [1.54, 1.807) is 44.4 Å². The number of ketones is 2. The largest absolute Gasteiger partial charge is 0.510 e. The highest BCUT2D eigenvalue weighted by Crippen LogP contribution is 2.53. The van der Waals surface area contributed by atoms with Crippen LogP contribution in [0.2, 0.25) is 5.02 Å². The standard InChI is InChI=1S/C27H25ClN2O7/c1-30(2)21-16-10-12-9-15-14(11-3-5-13(28)6-4-11)7-8-17(31)19(15)22(32)18(12)24(34)27(16,37)25(35)20(23(21)33)26(29)36/h3-8,12,16,21,31,33-34,37H,9-10H2,1-2H3,(H2,29,36)/t12-,16-,21-,27-/m1/s1. The predicted molar refractivity (Wildman–Crippen MR) is 134 cm³/mol. The lowest BCUT2D eigenvalue weighted by Gasteiger charge is -2.50. The minimum absolute atomic E-state index is 0.0292. The van der Waals surface area contributed by atoms with Crippen molar-refractivity contribution in [2.75, 3.05) is 14.1 Å². The van der Waals surface area contributed by atoms with Gasteiger partial charge in [-0.15, -0.1) is 0 Å². The highest BCUT2D eigenvalue weighted by atomic mass is 35.5. The van der Waals surface area contributed by atoms with Crippen molar-refractivity contribution in [3.05, 3.63) is 75.2 Å². The Morgan fingerprint density at radius 2 is 1.73 bits per heavy atom. The van der Waals surface area contributed by atoms with Gasteiger partial charge in [0.25, 0.3) is 5.91 Å². The molecule has 4 atom stereocenters. The van der Waals surface area contributed by atoms with Crippen molar-refractivity contribution in [3.63, 3.8) is 0 Å². The molecule has 0 radical (unpaired) electrons. The lowest BCUT2D eigenvalue weighted by Crippen LogP contribution is -2.63. The molecule has 0 fully saturated rings. The van der Waals surface area contributed by atoms with E-state index in [-0.39, 0.29) is 29.7 Å². The zero-order valence-electron chi connectivity index (χ0n) is 20.0. The van der Waals surface area contributed by atoms with Crippen molar-refractivity contribution < 1.29 is 34.8 Å². The Hall–Kier alpha value is -3.66. The van der Waals surface area contributed by atoms with Gasteiger partial charge in [-0.1, -0.05) is 29.8 Å². The topological polar surface area (TPSA) is 161 Å². The maximum Gasteiger partial charge on any atom is 0.255 e. The van der Waals surface area contributed by atoms with Gasteiger partial charge >= 0.3 is 0 Å². The number of phenolic OH excluding ortho intramolecular Hbond substituents is 1. The normalized spacial score (nSPS) is 27.2. The van der Waals surface area contributed by atoms with Crippen LogP contribution in [0, 0.1) is 11.8 Å². The monoisotopic (exact) mass is 524 g/mol. The molecule has 1 amide bonds. The molecule has 0 spiro atoms. The number of halogens is 1. The summed E-state index contributed by atoms with van der Waals surface area (Å²) >= 11 is 6.03. The van der Waals surface area contributed by atoms with Gasteiger partial charge in [0, 0.05) is 16.5 Å². The number of amides is 1. The van der Waals surface area contributed by atoms with E-state index in [0.29, 0.717) is 16.1 Å². The molecule has 192 valence electrons. The summed E-state index contributed by atoms with van der Waals surface area (Å²) in [4.78, 5) is 40.7. The number of aliphatic hydroxyl groups is 3. The molecule has 0 bridgehead atoms. The van der Waals surface area contributed by atoms with Crippen LogP contribution in [-0.4, -0.2) is 68.5 Å². The van der Waals surface area contributed by atoms with Crippen LogP contribution in [0.1, 0.15) is 22.3 Å². The van der Waals surface area contributed by atoms with Gasteiger partial charge in [-0.2, -0.15) is 0 Å². The van der Waals surface area contributed by atoms with Gasteiger partial charge in [0.1, 0.15) is 22.8 Å². The molecule has 0 aliphatic heterocycles. The summed E-state index contributed by atoms with van der Waals surface area (Å²) in [7, 11) is 3.17. The SMILES string of the molecule is CN(C)[C@H]1C(O)=C(C(N)=O)C(=O)[C@]2(O)C(O)=C3C(=O)c4c(O)ccc(-c5ccc(Cl)cc5)c4C[C@@H]3C[C@H]12. The fourth-order valence-corrected chi connectivity index (χ4v) is 6.28. The summed E-state index contributed by atoms with van der Waals surface area (Å²) in [5, 5.41) is 45.0. The third kappa shape index (κ3) is 3.42. The zero-order valence-corrected chi connectivity index (χ0v) is 20.8. The Morgan fingerprint density at radius 3 is 2.32 bits per heavy atom. The molecule has 0 aromatic heterocycles. The molecule has 0 saturated carbocycles. The maximum atomic E-state index is 13.8. The first kappa shape index (κ1) is 25.0. The second-order valence-electron chi connectivity index (χ2n) is 9.96. The van der Waals surface area contributed by atoms with E-state index in [1.165, 1.54) is 11.0 Å². The van der Waals surface area contributed by atoms with Gasteiger partial charge in [-0.05, 0) is 67.7 Å². The Balaban J connectivity index is 1.72. The lowest BCUT2D eigenvalue weighted by molar-refractivity contribution is -0.148. The lowest BCUT2D eigenvalue weighted by atomic mass is 9.58. The molecule has 37 heavy (non-hydrogen) atoms. The van der Waals surface area contributed by atoms with E-state index in [1.807, 2.05) is 0 Å². The molecule has 3 aliphatic rings. The third-order valence-electron chi connectivity index (χ3n) is 7.76. The van der Waals surface area contributed by atoms with Gasteiger partial charge in [0.2, 0.25) is 5.78 Å². The predicted octanol–water partition coefficient (Wildman–Crippen LogP) is 2.44. The zero-order chi connectivity index (χ0) is 27.0. The van der Waals surface area contributed by atoms with E-state index in [2.05, 4.69) is 0 Å². The van der Waals surface area contributed by atoms with Crippen LogP contribution in [0.5, 0.6) is 5.75 Å². The van der Waals surface area contributed by atoms with Gasteiger partial charge in [0.15, 0.2) is 11.4 Å². The summed E-state index contributed by atoms with van der Waals surface area (Å²) < 4.78 is 0. The highest BCUT2D eigenvalue weighted by molar-refractivity contribution is 6.30. The number of allylic oxidation sites excluding steroid dienone is 1. The van der Waals surface area contributed by atoms with E-state index in [4.69, 9.17) is 17.3 Å². The van der Waals surface area contributed by atoms with Crippen LogP contribution in [0.25, 0.3) is 11.1 Å². The fourth-order valence-electron chi connectivity index (χ4n) is 6.15. The van der Waals surface area contributed by atoms with Crippen molar-refractivity contribution in [1.29, 1.82) is 0 Å². The van der Waals surface area contributed by atoms with E-state index >= 15 is 0 Å². The number of aliphatic hydroxyl groups excluding tert-OH is 2. The van der Waals surface area contributed by atoms with Crippen molar-refractivity contribution >= 4 is 29.1 Å². The number of hydrogen-bond donors (Lipinski definition) is 5. The van der Waals surface area contributed by atoms with Gasteiger partial charge in [0.05, 0.1) is 11.6 Å². The second kappa shape index (κ2) is 8.44. The highest BCUT2D eigenvalue weighted by Gasteiger charge is 2.63. The number of rotatable bonds is 3. The first-order valence-corrected chi connectivity index (χ1v) is 12.0. The Labute approximate surface area is 217 Å². The number of nitrogens with two attached hydrogens (primary N) is 1. The first-order chi connectivity index (χ1) is 17.4. The van der Waals surface area contributed by atoms with Crippen molar-refractivity contribution in [2.24, 2.45) is 17.6 Å². The number of hydrogen-bond acceptors (Lipinski definition) is 8. The summed E-state index contributed by atoms with van der Waals surface area (Å²) in [5.41, 5.74) is 3.65. The number of phenols is 1. The Bertz CT molecular complexity index is 1440. The number of benzene rings is 2. The van der Waals surface area contributed by atoms with Gasteiger partial charge < -0.3 is 26.2 Å². The van der Waals surface area contributed by atoms with Crippen LogP contribution in [0.3, 0.4) is 0 Å². The third-order valence-corrected chi connectivity index (χ3v) is 8.01. The first-order valence-electron chi connectivity index (χ1n) is 11.6. The van der Waals surface area contributed by atoms with Crippen LogP contribution in [-0.2, 0) is 16.0 Å². The molecule has 0 heterocycles. The number of aromatic hydroxyl groups is 1. The van der Waals surface area contributed by atoms with Crippen molar-refractivity contribution in [3.8, 4) is 16.9 Å². The van der Waals surface area contributed by atoms with Crippen LogP contribution >= 0.6 is 11.6 Å². The molecule has 0 saturated heterocycles. The molecular formula is C27H25ClN2O7. The molecule has 6 N–H and O–H groups in total. The van der Waals surface area contributed by atoms with Crippen molar-refractivity contribution in [1.82, 2.24) is 4.90 Å². The Morgan fingerprint density at radius 1 is 1.08 bits per heavy atom. The molecule has 5 rings (SSSR count). The number of nitrogens with zero attached hydrogens (tertiary/aromatic N) is 1. The van der Waals surface area contributed by atoms with Crippen LogP contribution in [0.4, 0.5) is 0 Å².